The number of benzene rings is 1. The molecule has 3 N–H and O–H groups in total. The summed E-state index contributed by atoms with van der Waals surface area (Å²) in [6.45, 7) is 0.607. The highest BCUT2D eigenvalue weighted by atomic mass is 16.1. The quantitative estimate of drug-likeness (QED) is 0.777. The van der Waals surface area contributed by atoms with E-state index in [0.717, 1.165) is 5.56 Å². The van der Waals surface area contributed by atoms with Crippen LogP contribution < -0.4 is 11.1 Å². The Hall–Kier alpha value is -1.35. The number of carbonyl (C=O) groups is 1. The largest absolute Gasteiger partial charge is 0.354 e. The monoisotopic (exact) mass is 218 g/mol. The molecule has 0 spiro atoms. The lowest BCUT2D eigenvalue weighted by atomic mass is 10.1. The molecule has 16 heavy (non-hydrogen) atoms. The van der Waals surface area contributed by atoms with Gasteiger partial charge in [-0.25, -0.2) is 0 Å². The third-order valence-corrected chi connectivity index (χ3v) is 2.97. The third-order valence-electron chi connectivity index (χ3n) is 2.97. The predicted molar refractivity (Wildman–Crippen MR) is 63.9 cm³/mol. The summed E-state index contributed by atoms with van der Waals surface area (Å²) in [5.74, 6) is 0.694. The zero-order chi connectivity index (χ0) is 11.4. The molecule has 1 aliphatic carbocycles. The fourth-order valence-electron chi connectivity index (χ4n) is 1.77. The van der Waals surface area contributed by atoms with Gasteiger partial charge in [0, 0.05) is 12.6 Å². The van der Waals surface area contributed by atoms with Crippen LogP contribution in [0.1, 0.15) is 18.4 Å². The standard InChI is InChI=1S/C13H18N2O/c14-12(11-6-7-11)9-15-13(16)8-10-4-2-1-3-5-10/h1-5,11-12H,6-9,14H2,(H,15,16). The van der Waals surface area contributed by atoms with Crippen molar-refractivity contribution in [3.05, 3.63) is 35.9 Å². The van der Waals surface area contributed by atoms with Crippen molar-refractivity contribution < 1.29 is 4.79 Å². The van der Waals surface area contributed by atoms with Crippen LogP contribution in [0.15, 0.2) is 30.3 Å². The minimum Gasteiger partial charge on any atom is -0.354 e. The third kappa shape index (κ3) is 3.35. The number of carbonyl (C=O) groups excluding carboxylic acids is 1. The van der Waals surface area contributed by atoms with E-state index in [1.165, 1.54) is 12.8 Å². The molecule has 1 atom stereocenters. The molecule has 3 heteroatoms. The van der Waals surface area contributed by atoms with E-state index in [-0.39, 0.29) is 11.9 Å². The fraction of sp³-hybridized carbons (Fsp3) is 0.462. The molecule has 1 amide bonds. The molecular formula is C13H18N2O. The molecule has 0 saturated heterocycles. The summed E-state index contributed by atoms with van der Waals surface area (Å²) in [4.78, 5) is 11.6. The van der Waals surface area contributed by atoms with Crippen LogP contribution in [-0.4, -0.2) is 18.5 Å². The topological polar surface area (TPSA) is 55.1 Å². The van der Waals surface area contributed by atoms with Crippen molar-refractivity contribution in [1.29, 1.82) is 0 Å². The molecule has 0 radical (unpaired) electrons. The second-order valence-corrected chi connectivity index (χ2v) is 4.47. The number of nitrogens with two attached hydrogens (primary N) is 1. The van der Waals surface area contributed by atoms with E-state index in [4.69, 9.17) is 5.73 Å². The van der Waals surface area contributed by atoms with Crippen molar-refractivity contribution >= 4 is 5.91 Å². The average Bonchev–Trinajstić information content (AvgIpc) is 3.11. The Balaban J connectivity index is 1.72. The average molecular weight is 218 g/mol. The van der Waals surface area contributed by atoms with Crippen molar-refractivity contribution in [2.24, 2.45) is 11.7 Å². The first-order chi connectivity index (χ1) is 7.75. The maximum atomic E-state index is 11.6. The highest BCUT2D eigenvalue weighted by Crippen LogP contribution is 2.31. The Morgan fingerprint density at radius 1 is 1.38 bits per heavy atom. The Labute approximate surface area is 96.0 Å². The molecule has 1 saturated carbocycles. The number of hydrogen-bond acceptors (Lipinski definition) is 2. The first-order valence-corrected chi connectivity index (χ1v) is 5.82. The van der Waals surface area contributed by atoms with Gasteiger partial charge in [0.25, 0.3) is 0 Å². The van der Waals surface area contributed by atoms with Gasteiger partial charge >= 0.3 is 0 Å². The first kappa shape index (κ1) is 11.1. The van der Waals surface area contributed by atoms with E-state index in [1.807, 2.05) is 30.3 Å². The van der Waals surface area contributed by atoms with E-state index in [9.17, 15) is 4.79 Å². The summed E-state index contributed by atoms with van der Waals surface area (Å²) in [6.07, 6.45) is 2.88. The summed E-state index contributed by atoms with van der Waals surface area (Å²) in [5.41, 5.74) is 6.95. The number of hydrogen-bond donors (Lipinski definition) is 2. The minimum atomic E-state index is 0.0577. The Kier molecular flexibility index (Phi) is 3.57. The van der Waals surface area contributed by atoms with Crippen LogP contribution in [0.3, 0.4) is 0 Å². The molecule has 0 aromatic heterocycles. The van der Waals surface area contributed by atoms with Crippen LogP contribution in [-0.2, 0) is 11.2 Å². The SMILES string of the molecule is NC(CNC(=O)Cc1ccccc1)C1CC1. The molecule has 0 aliphatic heterocycles. The molecular weight excluding hydrogens is 200 g/mol. The maximum Gasteiger partial charge on any atom is 0.224 e. The smallest absolute Gasteiger partial charge is 0.224 e. The predicted octanol–water partition coefficient (Wildman–Crippen LogP) is 1.08. The number of amides is 1. The minimum absolute atomic E-state index is 0.0577. The number of rotatable bonds is 5. The van der Waals surface area contributed by atoms with Crippen LogP contribution in [0.5, 0.6) is 0 Å². The lowest BCUT2D eigenvalue weighted by Gasteiger charge is -2.11. The van der Waals surface area contributed by atoms with Crippen LogP contribution in [0.25, 0.3) is 0 Å². The summed E-state index contributed by atoms with van der Waals surface area (Å²) in [6, 6.07) is 9.89. The van der Waals surface area contributed by atoms with Gasteiger partial charge in [-0.2, -0.15) is 0 Å². The van der Waals surface area contributed by atoms with E-state index in [1.54, 1.807) is 0 Å². The molecule has 0 bridgehead atoms. The van der Waals surface area contributed by atoms with Crippen molar-refractivity contribution in [3.63, 3.8) is 0 Å². The van der Waals surface area contributed by atoms with Crippen molar-refractivity contribution in [2.75, 3.05) is 6.54 Å². The zero-order valence-corrected chi connectivity index (χ0v) is 9.36. The van der Waals surface area contributed by atoms with Crippen LogP contribution in [0.4, 0.5) is 0 Å². The lowest BCUT2D eigenvalue weighted by Crippen LogP contribution is -2.39. The van der Waals surface area contributed by atoms with Crippen molar-refractivity contribution in [1.82, 2.24) is 5.32 Å². The normalized spacial score (nSPS) is 16.8. The van der Waals surface area contributed by atoms with Gasteiger partial charge in [-0.05, 0) is 24.3 Å². The molecule has 0 heterocycles. The lowest BCUT2D eigenvalue weighted by molar-refractivity contribution is -0.120. The van der Waals surface area contributed by atoms with Gasteiger partial charge in [0.2, 0.25) is 5.91 Å². The van der Waals surface area contributed by atoms with E-state index >= 15 is 0 Å². The molecule has 86 valence electrons. The van der Waals surface area contributed by atoms with Gasteiger partial charge in [0.1, 0.15) is 0 Å². The van der Waals surface area contributed by atoms with Crippen LogP contribution in [0.2, 0.25) is 0 Å². The Bertz CT molecular complexity index is 346. The fourth-order valence-corrected chi connectivity index (χ4v) is 1.77. The molecule has 2 rings (SSSR count). The summed E-state index contributed by atoms with van der Waals surface area (Å²) in [5, 5.41) is 2.89. The first-order valence-electron chi connectivity index (χ1n) is 5.82. The highest BCUT2D eigenvalue weighted by Gasteiger charge is 2.28. The van der Waals surface area contributed by atoms with Gasteiger partial charge in [-0.15, -0.1) is 0 Å². The molecule has 1 aliphatic rings. The van der Waals surface area contributed by atoms with E-state index in [0.29, 0.717) is 18.9 Å². The van der Waals surface area contributed by atoms with Crippen molar-refractivity contribution in [2.45, 2.75) is 25.3 Å². The van der Waals surface area contributed by atoms with Gasteiger partial charge in [-0.1, -0.05) is 30.3 Å². The summed E-state index contributed by atoms with van der Waals surface area (Å²) >= 11 is 0. The second-order valence-electron chi connectivity index (χ2n) is 4.47. The Morgan fingerprint density at radius 2 is 2.06 bits per heavy atom. The molecule has 1 aromatic carbocycles. The van der Waals surface area contributed by atoms with Crippen LogP contribution in [0, 0.1) is 5.92 Å². The number of nitrogens with one attached hydrogen (secondary N) is 1. The van der Waals surface area contributed by atoms with Crippen molar-refractivity contribution in [3.8, 4) is 0 Å². The zero-order valence-electron chi connectivity index (χ0n) is 9.36. The van der Waals surface area contributed by atoms with Gasteiger partial charge in [0.05, 0.1) is 6.42 Å². The Morgan fingerprint density at radius 3 is 2.69 bits per heavy atom. The van der Waals surface area contributed by atoms with E-state index < -0.39 is 0 Å². The molecule has 1 unspecified atom stereocenters. The second kappa shape index (κ2) is 5.12. The highest BCUT2D eigenvalue weighted by molar-refractivity contribution is 5.78. The summed E-state index contributed by atoms with van der Waals surface area (Å²) in [7, 11) is 0. The van der Waals surface area contributed by atoms with Gasteiger partial charge in [-0.3, -0.25) is 4.79 Å². The van der Waals surface area contributed by atoms with E-state index in [2.05, 4.69) is 5.32 Å². The molecule has 1 aromatic rings. The molecule has 1 fully saturated rings. The van der Waals surface area contributed by atoms with Crippen LogP contribution >= 0.6 is 0 Å². The maximum absolute atomic E-state index is 11.6. The molecule has 3 nitrogen and oxygen atoms in total. The summed E-state index contributed by atoms with van der Waals surface area (Å²) < 4.78 is 0. The van der Waals surface area contributed by atoms with Gasteiger partial charge in [0.15, 0.2) is 0 Å². The van der Waals surface area contributed by atoms with Gasteiger partial charge < -0.3 is 11.1 Å².